The summed E-state index contributed by atoms with van der Waals surface area (Å²) in [5, 5.41) is 10.6. The second kappa shape index (κ2) is 9.50. The maximum absolute atomic E-state index is 14.0. The lowest BCUT2D eigenvalue weighted by Gasteiger charge is -2.42. The smallest absolute Gasteiger partial charge is 0.233 e. The number of ether oxygens (including phenoxy) is 2. The molecule has 5 aliphatic rings. The lowest BCUT2D eigenvalue weighted by molar-refractivity contribution is -0.143. The number of phenols is 1. The fraction of sp³-hybridized carbons (Fsp3) is 0.484. The van der Waals surface area contributed by atoms with Crippen molar-refractivity contribution in [3.05, 3.63) is 52.1 Å². The number of rotatable bonds is 4. The third-order valence-electron chi connectivity index (χ3n) is 9.37. The van der Waals surface area contributed by atoms with Crippen molar-refractivity contribution in [3.8, 4) is 17.2 Å². The van der Waals surface area contributed by atoms with Crippen LogP contribution in [0.25, 0.3) is 0 Å². The summed E-state index contributed by atoms with van der Waals surface area (Å²) in [5.74, 6) is -2.51. The van der Waals surface area contributed by atoms with Crippen molar-refractivity contribution in [1.29, 1.82) is 0 Å². The van der Waals surface area contributed by atoms with Gasteiger partial charge in [0.15, 0.2) is 23.1 Å². The average Bonchev–Trinajstić information content (AvgIpc) is 3.20. The predicted octanol–water partition coefficient (Wildman–Crippen LogP) is 4.17. The lowest BCUT2D eigenvalue weighted by atomic mass is 9.59. The molecular weight excluding hydrogens is 498 g/mol. The van der Waals surface area contributed by atoms with Gasteiger partial charge in [0.25, 0.3) is 0 Å². The number of ketones is 2. The van der Waals surface area contributed by atoms with Crippen molar-refractivity contribution in [2.24, 2.45) is 17.8 Å². The number of carbonyl (C=O) groups is 4. The van der Waals surface area contributed by atoms with Gasteiger partial charge in [0, 0.05) is 28.7 Å². The van der Waals surface area contributed by atoms with Crippen LogP contribution in [0.3, 0.4) is 0 Å². The largest absolute Gasteiger partial charge is 0.502 e. The number of carbonyl (C=O) groups excluding carboxylic acids is 4. The summed E-state index contributed by atoms with van der Waals surface area (Å²) < 4.78 is 10.8. The highest BCUT2D eigenvalue weighted by atomic mass is 16.5. The van der Waals surface area contributed by atoms with Crippen LogP contribution < -0.4 is 9.47 Å². The zero-order chi connectivity index (χ0) is 27.6. The molecule has 1 N–H and O–H groups in total. The van der Waals surface area contributed by atoms with Crippen LogP contribution in [0.5, 0.6) is 17.2 Å². The van der Waals surface area contributed by atoms with Crippen LogP contribution in [0.2, 0.25) is 0 Å². The summed E-state index contributed by atoms with van der Waals surface area (Å²) in [6, 6.07) is 3.25. The number of hydrogen-bond acceptors (Lipinski definition) is 7. The SMILES string of the molecule is COc1cc([C@H]2C3=CC[C@@H]4C(=O)N(C5CCCCC5)C(=O)[C@@H]4[C@@H]3CC3=C2C(=O)C=C(C)C3=O)cc(OC)c1O. The van der Waals surface area contributed by atoms with Gasteiger partial charge in [-0.3, -0.25) is 24.1 Å². The van der Waals surface area contributed by atoms with E-state index in [1.54, 1.807) is 19.1 Å². The Bertz CT molecular complexity index is 1370. The van der Waals surface area contributed by atoms with Crippen LogP contribution in [0, 0.1) is 17.8 Å². The molecule has 1 aromatic carbocycles. The van der Waals surface area contributed by atoms with Crippen LogP contribution in [0.1, 0.15) is 63.4 Å². The van der Waals surface area contributed by atoms with E-state index in [0.717, 1.165) is 37.7 Å². The van der Waals surface area contributed by atoms with Crippen LogP contribution in [0.15, 0.2) is 46.6 Å². The number of aromatic hydroxyl groups is 1. The molecule has 0 aromatic heterocycles. The average molecular weight is 532 g/mol. The number of amides is 2. The Labute approximate surface area is 227 Å². The van der Waals surface area contributed by atoms with Gasteiger partial charge in [-0.15, -0.1) is 0 Å². The first-order valence-corrected chi connectivity index (χ1v) is 13.8. The molecule has 204 valence electrons. The van der Waals surface area contributed by atoms with Crippen molar-refractivity contribution < 1.29 is 33.8 Å². The number of hydrogen-bond donors (Lipinski definition) is 1. The molecule has 0 spiro atoms. The molecule has 1 saturated carbocycles. The van der Waals surface area contributed by atoms with E-state index in [2.05, 4.69) is 0 Å². The number of nitrogens with zero attached hydrogens (tertiary/aromatic N) is 1. The van der Waals surface area contributed by atoms with Gasteiger partial charge in [-0.05, 0) is 62.3 Å². The Balaban J connectivity index is 1.49. The molecule has 2 fully saturated rings. The van der Waals surface area contributed by atoms with Gasteiger partial charge in [-0.2, -0.15) is 0 Å². The Kier molecular flexibility index (Phi) is 6.24. The Morgan fingerprint density at radius 2 is 1.59 bits per heavy atom. The molecule has 1 aliphatic heterocycles. The summed E-state index contributed by atoms with van der Waals surface area (Å²) in [6.45, 7) is 1.63. The number of likely N-dealkylation sites (tertiary alicyclic amines) is 1. The van der Waals surface area contributed by atoms with Crippen molar-refractivity contribution in [2.75, 3.05) is 14.2 Å². The molecule has 1 saturated heterocycles. The fourth-order valence-corrected chi connectivity index (χ4v) is 7.57. The number of allylic oxidation sites excluding steroid dienone is 6. The Hall–Kier alpha value is -3.68. The molecule has 1 aromatic rings. The van der Waals surface area contributed by atoms with Crippen LogP contribution in [-0.2, 0) is 19.2 Å². The van der Waals surface area contributed by atoms with Crippen LogP contribution >= 0.6 is 0 Å². The fourth-order valence-electron chi connectivity index (χ4n) is 7.57. The Morgan fingerprint density at radius 1 is 0.923 bits per heavy atom. The molecule has 39 heavy (non-hydrogen) atoms. The summed E-state index contributed by atoms with van der Waals surface area (Å²) in [6.07, 6.45) is 8.85. The second-order valence-corrected chi connectivity index (χ2v) is 11.3. The number of Topliss-reactive ketones (excluding diaryl/α,β-unsaturated/α-hetero) is 1. The normalized spacial score (nSPS) is 29.1. The minimum absolute atomic E-state index is 0.0596. The van der Waals surface area contributed by atoms with E-state index in [-0.39, 0.29) is 59.0 Å². The third-order valence-corrected chi connectivity index (χ3v) is 9.37. The van der Waals surface area contributed by atoms with E-state index in [1.807, 2.05) is 6.08 Å². The second-order valence-electron chi connectivity index (χ2n) is 11.3. The van der Waals surface area contributed by atoms with E-state index in [0.29, 0.717) is 28.7 Å². The molecular formula is C31H33NO7. The first-order chi connectivity index (χ1) is 18.8. The molecule has 0 radical (unpaired) electrons. The van der Waals surface area contributed by atoms with Crippen molar-refractivity contribution in [1.82, 2.24) is 4.90 Å². The highest BCUT2D eigenvalue weighted by Crippen LogP contribution is 2.56. The maximum atomic E-state index is 14.0. The minimum atomic E-state index is -0.629. The molecule has 4 aliphatic carbocycles. The zero-order valence-electron chi connectivity index (χ0n) is 22.5. The van der Waals surface area contributed by atoms with Gasteiger partial charge in [-0.25, -0.2) is 0 Å². The van der Waals surface area contributed by atoms with Crippen molar-refractivity contribution in [2.45, 2.75) is 63.8 Å². The van der Waals surface area contributed by atoms with Gasteiger partial charge in [-0.1, -0.05) is 30.9 Å². The molecule has 8 nitrogen and oxygen atoms in total. The summed E-state index contributed by atoms with van der Waals surface area (Å²) in [5.41, 5.74) is 2.66. The first kappa shape index (κ1) is 25.6. The van der Waals surface area contributed by atoms with E-state index in [1.165, 1.54) is 25.2 Å². The van der Waals surface area contributed by atoms with E-state index >= 15 is 0 Å². The summed E-state index contributed by atoms with van der Waals surface area (Å²) >= 11 is 0. The highest BCUT2D eigenvalue weighted by Gasteiger charge is 2.57. The van der Waals surface area contributed by atoms with Gasteiger partial charge in [0.2, 0.25) is 17.6 Å². The number of fused-ring (bicyclic) bond motifs is 3. The van der Waals surface area contributed by atoms with Gasteiger partial charge < -0.3 is 14.6 Å². The molecule has 4 atom stereocenters. The van der Waals surface area contributed by atoms with Gasteiger partial charge in [0.1, 0.15) is 0 Å². The minimum Gasteiger partial charge on any atom is -0.502 e. The highest BCUT2D eigenvalue weighted by molar-refractivity contribution is 6.23. The van der Waals surface area contributed by atoms with Gasteiger partial charge >= 0.3 is 0 Å². The summed E-state index contributed by atoms with van der Waals surface area (Å²) in [7, 11) is 2.86. The van der Waals surface area contributed by atoms with E-state index < -0.39 is 17.8 Å². The van der Waals surface area contributed by atoms with Crippen LogP contribution in [-0.4, -0.2) is 53.6 Å². The molecule has 6 rings (SSSR count). The van der Waals surface area contributed by atoms with Gasteiger partial charge in [0.05, 0.1) is 26.1 Å². The standard InChI is InChI=1S/C31H33NO7/c1-15-11-22(33)27-21(28(15)34)14-20-18(25(27)16-12-23(38-2)29(35)24(13-16)39-3)9-10-19-26(20)31(37)32(30(19)36)17-7-5-4-6-8-17/h9,11-13,17,19-20,25-26,35H,4-8,10,14H2,1-3H3/t19-,20+,25-,26-/m0/s1. The first-order valence-electron chi connectivity index (χ1n) is 13.8. The maximum Gasteiger partial charge on any atom is 0.233 e. The number of imide groups is 1. The third kappa shape index (κ3) is 3.79. The lowest BCUT2D eigenvalue weighted by Crippen LogP contribution is -2.43. The number of methoxy groups -OCH3 is 2. The van der Waals surface area contributed by atoms with Crippen molar-refractivity contribution in [3.63, 3.8) is 0 Å². The zero-order valence-corrected chi connectivity index (χ0v) is 22.5. The molecule has 0 bridgehead atoms. The molecule has 0 unspecified atom stereocenters. The molecule has 2 amide bonds. The molecule has 8 heteroatoms. The topological polar surface area (TPSA) is 110 Å². The predicted molar refractivity (Wildman–Crippen MR) is 141 cm³/mol. The summed E-state index contributed by atoms with van der Waals surface area (Å²) in [4.78, 5) is 56.1. The van der Waals surface area contributed by atoms with Crippen LogP contribution in [0.4, 0.5) is 0 Å². The monoisotopic (exact) mass is 531 g/mol. The Morgan fingerprint density at radius 3 is 2.23 bits per heavy atom. The van der Waals surface area contributed by atoms with E-state index in [9.17, 15) is 24.3 Å². The number of benzene rings is 1. The molecule has 1 heterocycles. The van der Waals surface area contributed by atoms with Crippen molar-refractivity contribution >= 4 is 23.4 Å². The quantitative estimate of drug-likeness (QED) is 0.353. The number of phenolic OH excluding ortho intramolecular Hbond substituents is 1. The van der Waals surface area contributed by atoms with E-state index in [4.69, 9.17) is 9.47 Å².